The molecule has 2 atom stereocenters. The van der Waals surface area contributed by atoms with Gasteiger partial charge in [-0.2, -0.15) is 0 Å². The Bertz CT molecular complexity index is 351. The maximum Gasteiger partial charge on any atom is 0.0897 e. The molecule has 0 bridgehead atoms. The summed E-state index contributed by atoms with van der Waals surface area (Å²) in [5, 5.41) is 15.2. The molecule has 100 valence electrons. The zero-order valence-corrected chi connectivity index (χ0v) is 11.4. The van der Waals surface area contributed by atoms with E-state index >= 15 is 0 Å². The highest BCUT2D eigenvalue weighted by molar-refractivity contribution is 7.09. The van der Waals surface area contributed by atoms with Crippen LogP contribution in [0.4, 0.5) is 0 Å². The number of allylic oxidation sites excluding steroid dienone is 1. The molecule has 1 heterocycles. The third-order valence-corrected chi connectivity index (χ3v) is 3.90. The van der Waals surface area contributed by atoms with Crippen molar-refractivity contribution in [3.8, 4) is 0 Å². The maximum absolute atomic E-state index is 9.81. The lowest BCUT2D eigenvalue weighted by molar-refractivity contribution is 0.0284. The van der Waals surface area contributed by atoms with Crippen molar-refractivity contribution in [3.63, 3.8) is 0 Å². The number of rotatable bonds is 7. The molecule has 0 saturated carbocycles. The fourth-order valence-corrected chi connectivity index (χ4v) is 2.67. The van der Waals surface area contributed by atoms with E-state index in [1.807, 2.05) is 17.5 Å². The van der Waals surface area contributed by atoms with Crippen molar-refractivity contribution in [1.29, 1.82) is 0 Å². The van der Waals surface area contributed by atoms with Gasteiger partial charge in [-0.05, 0) is 30.7 Å². The third-order valence-electron chi connectivity index (χ3n) is 3.05. The van der Waals surface area contributed by atoms with E-state index in [-0.39, 0.29) is 0 Å². The van der Waals surface area contributed by atoms with Crippen LogP contribution in [-0.2, 0) is 11.3 Å². The molecule has 18 heavy (non-hydrogen) atoms. The van der Waals surface area contributed by atoms with Crippen LogP contribution in [0.1, 0.15) is 24.1 Å². The summed E-state index contributed by atoms with van der Waals surface area (Å²) in [4.78, 5) is 1.20. The Labute approximate surface area is 112 Å². The number of nitrogens with one attached hydrogen (secondary N) is 1. The van der Waals surface area contributed by atoms with Crippen molar-refractivity contribution in [2.75, 3.05) is 13.2 Å². The van der Waals surface area contributed by atoms with Crippen molar-refractivity contribution in [1.82, 2.24) is 5.32 Å². The third kappa shape index (κ3) is 4.90. The molecule has 1 aromatic rings. The van der Waals surface area contributed by atoms with E-state index in [1.54, 1.807) is 11.3 Å². The fraction of sp³-hybridized carbons (Fsp3) is 0.571. The highest BCUT2D eigenvalue weighted by Gasteiger charge is 2.11. The van der Waals surface area contributed by atoms with Gasteiger partial charge in [0.1, 0.15) is 0 Å². The molecule has 0 aromatic carbocycles. The lowest BCUT2D eigenvalue weighted by atomic mass is 10.0. The highest BCUT2D eigenvalue weighted by atomic mass is 32.1. The van der Waals surface area contributed by atoms with E-state index in [9.17, 15) is 5.11 Å². The van der Waals surface area contributed by atoms with Crippen LogP contribution >= 0.6 is 11.3 Å². The standard InChI is InChI=1S/C14H21NO2S/c16-13(9-15-12-5-2-1-3-6-12)10-17-11-14-7-4-8-18-14/h1-2,4,7-8,12-13,15-16H,3,5-6,9-11H2. The molecule has 0 fully saturated rings. The van der Waals surface area contributed by atoms with Crippen LogP contribution in [-0.4, -0.2) is 30.4 Å². The average Bonchev–Trinajstić information content (AvgIpc) is 2.91. The number of ether oxygens (including phenoxy) is 1. The minimum absolute atomic E-state index is 0.396. The molecular formula is C14H21NO2S. The second kappa shape index (κ2) is 7.69. The first-order chi connectivity index (χ1) is 8.84. The zero-order valence-electron chi connectivity index (χ0n) is 10.5. The van der Waals surface area contributed by atoms with E-state index in [0.717, 1.165) is 12.8 Å². The molecule has 3 nitrogen and oxygen atoms in total. The van der Waals surface area contributed by atoms with Gasteiger partial charge in [0, 0.05) is 17.5 Å². The molecule has 0 amide bonds. The molecule has 0 radical (unpaired) electrons. The molecule has 0 saturated heterocycles. The van der Waals surface area contributed by atoms with Crippen molar-refractivity contribution >= 4 is 11.3 Å². The first kappa shape index (κ1) is 13.7. The summed E-state index contributed by atoms with van der Waals surface area (Å²) in [6.07, 6.45) is 7.39. The fourth-order valence-electron chi connectivity index (χ4n) is 2.03. The molecule has 2 rings (SSSR count). The van der Waals surface area contributed by atoms with Crippen molar-refractivity contribution in [2.24, 2.45) is 0 Å². The summed E-state index contributed by atoms with van der Waals surface area (Å²) < 4.78 is 5.49. The topological polar surface area (TPSA) is 41.5 Å². The molecule has 1 aromatic heterocycles. The quantitative estimate of drug-likeness (QED) is 0.745. The summed E-state index contributed by atoms with van der Waals surface area (Å²) >= 11 is 1.68. The van der Waals surface area contributed by atoms with Gasteiger partial charge in [0.15, 0.2) is 0 Å². The van der Waals surface area contributed by atoms with E-state index in [4.69, 9.17) is 4.74 Å². The van der Waals surface area contributed by atoms with Crippen molar-refractivity contribution in [2.45, 2.75) is 38.0 Å². The Hall–Kier alpha value is -0.680. The van der Waals surface area contributed by atoms with Gasteiger partial charge >= 0.3 is 0 Å². The van der Waals surface area contributed by atoms with Crippen molar-refractivity contribution in [3.05, 3.63) is 34.5 Å². The number of aliphatic hydroxyl groups excluding tert-OH is 1. The molecule has 2 unspecified atom stereocenters. The summed E-state index contributed by atoms with van der Waals surface area (Å²) in [5.41, 5.74) is 0. The van der Waals surface area contributed by atoms with Crippen LogP contribution in [0.2, 0.25) is 0 Å². The first-order valence-electron chi connectivity index (χ1n) is 6.51. The second-order valence-corrected chi connectivity index (χ2v) is 5.67. The second-order valence-electron chi connectivity index (χ2n) is 4.64. The van der Waals surface area contributed by atoms with Gasteiger partial charge in [-0.15, -0.1) is 11.3 Å². The van der Waals surface area contributed by atoms with Gasteiger partial charge in [-0.1, -0.05) is 18.2 Å². The lowest BCUT2D eigenvalue weighted by Crippen LogP contribution is -2.37. The van der Waals surface area contributed by atoms with Gasteiger partial charge in [0.2, 0.25) is 0 Å². The van der Waals surface area contributed by atoms with Crippen LogP contribution in [0.3, 0.4) is 0 Å². The van der Waals surface area contributed by atoms with Crippen LogP contribution < -0.4 is 5.32 Å². The number of hydrogen-bond donors (Lipinski definition) is 2. The smallest absolute Gasteiger partial charge is 0.0897 e. The molecule has 0 spiro atoms. The molecule has 1 aliphatic carbocycles. The summed E-state index contributed by atoms with van der Waals surface area (Å²) in [5.74, 6) is 0. The van der Waals surface area contributed by atoms with E-state index in [0.29, 0.717) is 25.8 Å². The first-order valence-corrected chi connectivity index (χ1v) is 7.39. The molecule has 1 aliphatic rings. The number of hydrogen-bond acceptors (Lipinski definition) is 4. The Morgan fingerprint density at radius 2 is 2.44 bits per heavy atom. The number of aliphatic hydroxyl groups is 1. The van der Waals surface area contributed by atoms with E-state index in [1.165, 1.54) is 11.3 Å². The van der Waals surface area contributed by atoms with Crippen LogP contribution in [0, 0.1) is 0 Å². The van der Waals surface area contributed by atoms with Gasteiger partial charge in [0.05, 0.1) is 19.3 Å². The molecular weight excluding hydrogens is 246 g/mol. The predicted molar refractivity (Wildman–Crippen MR) is 74.8 cm³/mol. The molecule has 2 N–H and O–H groups in total. The van der Waals surface area contributed by atoms with Crippen LogP contribution in [0.25, 0.3) is 0 Å². The Morgan fingerprint density at radius 1 is 1.50 bits per heavy atom. The monoisotopic (exact) mass is 267 g/mol. The SMILES string of the molecule is OC(CNC1CC=CCC1)COCc1cccs1. The maximum atomic E-state index is 9.81. The number of thiophene rings is 1. The van der Waals surface area contributed by atoms with Crippen LogP contribution in [0.5, 0.6) is 0 Å². The van der Waals surface area contributed by atoms with Gasteiger partial charge in [-0.25, -0.2) is 0 Å². The molecule has 0 aliphatic heterocycles. The Morgan fingerprint density at radius 3 is 3.17 bits per heavy atom. The Balaban J connectivity index is 1.54. The van der Waals surface area contributed by atoms with Gasteiger partial charge in [0.25, 0.3) is 0 Å². The van der Waals surface area contributed by atoms with E-state index in [2.05, 4.69) is 17.5 Å². The van der Waals surface area contributed by atoms with Gasteiger partial charge in [-0.3, -0.25) is 0 Å². The van der Waals surface area contributed by atoms with E-state index < -0.39 is 6.10 Å². The summed E-state index contributed by atoms with van der Waals surface area (Å²) in [6, 6.07) is 4.57. The minimum Gasteiger partial charge on any atom is -0.389 e. The van der Waals surface area contributed by atoms with Gasteiger partial charge < -0.3 is 15.2 Å². The lowest BCUT2D eigenvalue weighted by Gasteiger charge is -2.21. The normalized spacial score (nSPS) is 21.1. The molecule has 4 heteroatoms. The highest BCUT2D eigenvalue weighted by Crippen LogP contribution is 2.11. The largest absolute Gasteiger partial charge is 0.389 e. The minimum atomic E-state index is -0.420. The van der Waals surface area contributed by atoms with Crippen molar-refractivity contribution < 1.29 is 9.84 Å². The zero-order chi connectivity index (χ0) is 12.6. The predicted octanol–water partition coefficient (Wildman–Crippen LogP) is 2.32. The Kier molecular flexibility index (Phi) is 5.87. The average molecular weight is 267 g/mol. The van der Waals surface area contributed by atoms with Crippen LogP contribution in [0.15, 0.2) is 29.7 Å². The summed E-state index contributed by atoms with van der Waals surface area (Å²) in [6.45, 7) is 1.61. The summed E-state index contributed by atoms with van der Waals surface area (Å²) in [7, 11) is 0.